The predicted octanol–water partition coefficient (Wildman–Crippen LogP) is 2.31. The fourth-order valence-corrected chi connectivity index (χ4v) is 1.48. The van der Waals surface area contributed by atoms with Crippen LogP contribution >= 0.6 is 0 Å². The summed E-state index contributed by atoms with van der Waals surface area (Å²) in [5, 5.41) is 10.9. The number of carboxylic acids is 1. The van der Waals surface area contributed by atoms with Crippen molar-refractivity contribution in [3.8, 4) is 0 Å². The number of aromatic nitrogens is 1. The van der Waals surface area contributed by atoms with Crippen molar-refractivity contribution in [2.24, 2.45) is 0 Å². The van der Waals surface area contributed by atoms with E-state index in [-0.39, 0.29) is 16.9 Å². The molecule has 7 heteroatoms. The molecule has 2 rings (SSSR count). The first kappa shape index (κ1) is 13.6. The van der Waals surface area contributed by atoms with E-state index in [0.717, 1.165) is 18.3 Å². The van der Waals surface area contributed by atoms with Gasteiger partial charge in [-0.05, 0) is 24.3 Å². The minimum Gasteiger partial charge on any atom is -0.477 e. The summed E-state index contributed by atoms with van der Waals surface area (Å²) in [5.41, 5.74) is -0.679. The monoisotopic (exact) mass is 278 g/mol. The number of hydrogen-bond acceptors (Lipinski definition) is 3. The Morgan fingerprint density at radius 1 is 1.20 bits per heavy atom. The van der Waals surface area contributed by atoms with E-state index >= 15 is 0 Å². The lowest BCUT2D eigenvalue weighted by molar-refractivity contribution is 0.0690. The summed E-state index contributed by atoms with van der Waals surface area (Å²) in [5.74, 6) is -4.34. The molecule has 20 heavy (non-hydrogen) atoms. The van der Waals surface area contributed by atoms with E-state index in [4.69, 9.17) is 5.11 Å². The highest BCUT2D eigenvalue weighted by molar-refractivity contribution is 6.05. The minimum absolute atomic E-state index is 0.0268. The van der Waals surface area contributed by atoms with Gasteiger partial charge in [0, 0.05) is 11.8 Å². The maximum atomic E-state index is 13.4. The Balaban J connectivity index is 2.26. The van der Waals surface area contributed by atoms with E-state index in [1.54, 1.807) is 0 Å². The number of benzene rings is 1. The zero-order valence-electron chi connectivity index (χ0n) is 9.93. The summed E-state index contributed by atoms with van der Waals surface area (Å²) in [4.78, 5) is 26.1. The van der Waals surface area contributed by atoms with Crippen molar-refractivity contribution in [3.63, 3.8) is 0 Å². The zero-order chi connectivity index (χ0) is 14.7. The molecule has 0 aliphatic rings. The van der Waals surface area contributed by atoms with Crippen molar-refractivity contribution in [1.82, 2.24) is 4.98 Å². The summed E-state index contributed by atoms with van der Waals surface area (Å²) in [7, 11) is 0. The Bertz CT molecular complexity index is 689. The number of carbonyl (C=O) groups excluding carboxylic acids is 1. The Kier molecular flexibility index (Phi) is 3.69. The number of nitrogens with zero attached hydrogens (tertiary/aromatic N) is 1. The average molecular weight is 278 g/mol. The lowest BCUT2D eigenvalue weighted by Crippen LogP contribution is -2.14. The van der Waals surface area contributed by atoms with Gasteiger partial charge in [-0.1, -0.05) is 6.07 Å². The fourth-order valence-electron chi connectivity index (χ4n) is 1.48. The SMILES string of the molecule is O=C(Nc1cccc(F)c1F)c1ccnc(C(=O)O)c1. The average Bonchev–Trinajstić information content (AvgIpc) is 2.44. The van der Waals surface area contributed by atoms with Crippen LogP contribution in [-0.4, -0.2) is 22.0 Å². The predicted molar refractivity (Wildman–Crippen MR) is 65.5 cm³/mol. The number of aromatic carboxylic acids is 1. The third-order valence-electron chi connectivity index (χ3n) is 2.44. The molecule has 0 unspecified atom stereocenters. The van der Waals surface area contributed by atoms with Gasteiger partial charge in [-0.15, -0.1) is 0 Å². The van der Waals surface area contributed by atoms with Gasteiger partial charge in [0.1, 0.15) is 5.69 Å². The molecule has 1 heterocycles. The second kappa shape index (κ2) is 5.43. The largest absolute Gasteiger partial charge is 0.477 e. The molecule has 5 nitrogen and oxygen atoms in total. The molecule has 1 aromatic heterocycles. The lowest BCUT2D eigenvalue weighted by atomic mass is 10.2. The van der Waals surface area contributed by atoms with Crippen LogP contribution in [0.25, 0.3) is 0 Å². The van der Waals surface area contributed by atoms with Crippen LogP contribution < -0.4 is 5.32 Å². The van der Waals surface area contributed by atoms with Gasteiger partial charge < -0.3 is 10.4 Å². The molecule has 0 aliphatic carbocycles. The third-order valence-corrected chi connectivity index (χ3v) is 2.44. The fraction of sp³-hybridized carbons (Fsp3) is 0. The number of amides is 1. The molecular weight excluding hydrogens is 270 g/mol. The number of rotatable bonds is 3. The molecule has 0 fully saturated rings. The van der Waals surface area contributed by atoms with Gasteiger partial charge >= 0.3 is 5.97 Å². The van der Waals surface area contributed by atoms with Crippen molar-refractivity contribution >= 4 is 17.6 Å². The van der Waals surface area contributed by atoms with Crippen molar-refractivity contribution in [1.29, 1.82) is 0 Å². The molecule has 0 spiro atoms. The zero-order valence-corrected chi connectivity index (χ0v) is 9.93. The van der Waals surface area contributed by atoms with Crippen LogP contribution in [0.3, 0.4) is 0 Å². The smallest absolute Gasteiger partial charge is 0.354 e. The highest BCUT2D eigenvalue weighted by Gasteiger charge is 2.14. The molecule has 0 bridgehead atoms. The minimum atomic E-state index is -1.29. The van der Waals surface area contributed by atoms with Crippen LogP contribution in [0.2, 0.25) is 0 Å². The molecule has 0 radical (unpaired) electrons. The van der Waals surface area contributed by atoms with Gasteiger partial charge in [0.05, 0.1) is 5.69 Å². The molecule has 0 saturated carbocycles. The number of carboxylic acid groups (broad SMARTS) is 1. The van der Waals surface area contributed by atoms with E-state index in [9.17, 15) is 18.4 Å². The van der Waals surface area contributed by atoms with Crippen LogP contribution in [0.1, 0.15) is 20.8 Å². The summed E-state index contributed by atoms with van der Waals surface area (Å²) < 4.78 is 26.4. The third kappa shape index (κ3) is 2.77. The summed E-state index contributed by atoms with van der Waals surface area (Å²) in [6, 6.07) is 5.65. The van der Waals surface area contributed by atoms with Crippen molar-refractivity contribution in [2.75, 3.05) is 5.32 Å². The second-order valence-corrected chi connectivity index (χ2v) is 3.79. The van der Waals surface area contributed by atoms with Crippen LogP contribution in [0, 0.1) is 11.6 Å². The Morgan fingerprint density at radius 3 is 2.65 bits per heavy atom. The molecule has 1 aromatic carbocycles. The number of carbonyl (C=O) groups is 2. The summed E-state index contributed by atoms with van der Waals surface area (Å²) >= 11 is 0. The van der Waals surface area contributed by atoms with Crippen molar-refractivity contribution in [2.45, 2.75) is 0 Å². The lowest BCUT2D eigenvalue weighted by Gasteiger charge is -2.07. The number of nitrogens with one attached hydrogen (secondary N) is 1. The first-order chi connectivity index (χ1) is 9.49. The molecular formula is C13H8F2N2O3. The van der Waals surface area contributed by atoms with Gasteiger partial charge in [-0.2, -0.15) is 0 Å². The summed E-state index contributed by atoms with van der Waals surface area (Å²) in [6.07, 6.45) is 1.14. The maximum Gasteiger partial charge on any atom is 0.354 e. The van der Waals surface area contributed by atoms with Crippen molar-refractivity contribution in [3.05, 3.63) is 59.4 Å². The Labute approximate surface area is 111 Å². The van der Waals surface area contributed by atoms with E-state index in [1.165, 1.54) is 18.2 Å². The van der Waals surface area contributed by atoms with Gasteiger partial charge in [0.15, 0.2) is 11.6 Å². The molecule has 0 atom stereocenters. The van der Waals surface area contributed by atoms with Gasteiger partial charge in [0.2, 0.25) is 0 Å². The molecule has 1 amide bonds. The van der Waals surface area contributed by atoms with Gasteiger partial charge in [-0.3, -0.25) is 4.79 Å². The molecule has 102 valence electrons. The van der Waals surface area contributed by atoms with Crippen LogP contribution in [0.4, 0.5) is 14.5 Å². The molecule has 0 aliphatic heterocycles. The quantitative estimate of drug-likeness (QED) is 0.903. The standard InChI is InChI=1S/C13H8F2N2O3/c14-8-2-1-3-9(11(8)15)17-12(18)7-4-5-16-10(6-7)13(19)20/h1-6H,(H,17,18)(H,19,20). The number of hydrogen-bond donors (Lipinski definition) is 2. The van der Waals surface area contributed by atoms with Crippen LogP contribution in [-0.2, 0) is 0 Å². The topological polar surface area (TPSA) is 79.3 Å². The first-order valence-electron chi connectivity index (χ1n) is 5.44. The van der Waals surface area contributed by atoms with Crippen LogP contribution in [0.5, 0.6) is 0 Å². The molecule has 2 N–H and O–H groups in total. The van der Waals surface area contributed by atoms with E-state index < -0.39 is 23.5 Å². The molecule has 2 aromatic rings. The van der Waals surface area contributed by atoms with Crippen LogP contribution in [0.15, 0.2) is 36.5 Å². The second-order valence-electron chi connectivity index (χ2n) is 3.79. The Morgan fingerprint density at radius 2 is 1.95 bits per heavy atom. The van der Waals surface area contributed by atoms with Gasteiger partial charge in [0.25, 0.3) is 5.91 Å². The van der Waals surface area contributed by atoms with E-state index in [1.807, 2.05) is 0 Å². The highest BCUT2D eigenvalue weighted by Crippen LogP contribution is 2.17. The Hall–Kier alpha value is -2.83. The first-order valence-corrected chi connectivity index (χ1v) is 5.44. The molecule has 0 saturated heterocycles. The maximum absolute atomic E-state index is 13.4. The summed E-state index contributed by atoms with van der Waals surface area (Å²) in [6.45, 7) is 0. The number of anilines is 1. The normalized spacial score (nSPS) is 10.1. The van der Waals surface area contributed by atoms with E-state index in [2.05, 4.69) is 10.3 Å². The van der Waals surface area contributed by atoms with E-state index in [0.29, 0.717) is 0 Å². The highest BCUT2D eigenvalue weighted by atomic mass is 19.2. The number of pyridine rings is 1. The number of halogens is 2. The van der Waals surface area contributed by atoms with Gasteiger partial charge in [-0.25, -0.2) is 18.6 Å². The van der Waals surface area contributed by atoms with Crippen molar-refractivity contribution < 1.29 is 23.5 Å².